The van der Waals surface area contributed by atoms with Gasteiger partial charge in [-0.3, -0.25) is 69.6 Å². The predicted molar refractivity (Wildman–Crippen MR) is 419 cm³/mol. The van der Waals surface area contributed by atoms with Gasteiger partial charge < -0.3 is 139 Å². The van der Waals surface area contributed by atoms with Gasteiger partial charge in [0.2, 0.25) is 59.1 Å². The molecule has 0 saturated heterocycles. The molecule has 11 atom stereocenters. The third-order valence-corrected chi connectivity index (χ3v) is 18.1. The lowest BCUT2D eigenvalue weighted by atomic mass is 9.99. The Balaban J connectivity index is 1.43. The summed E-state index contributed by atoms with van der Waals surface area (Å²) in [5, 5.41) is 109. The number of phenols is 1. The number of carboxylic acid groups (broad SMARTS) is 1. The van der Waals surface area contributed by atoms with Crippen molar-refractivity contribution in [3.05, 3.63) is 102 Å². The predicted octanol–water partition coefficient (Wildman–Crippen LogP) is -5.53. The summed E-state index contributed by atoms with van der Waals surface area (Å²) in [6.07, 6.45) is 2.99. The van der Waals surface area contributed by atoms with Crippen LogP contribution in [0.4, 0.5) is 0 Å². The van der Waals surface area contributed by atoms with Crippen LogP contribution >= 0.6 is 0 Å². The number of hydrogen-bond donors (Lipinski definition) is 30. The Kier molecular flexibility index (Phi) is 37.9. The van der Waals surface area contributed by atoms with Gasteiger partial charge in [0.1, 0.15) is 66.2 Å². The van der Waals surface area contributed by atoms with Gasteiger partial charge in [-0.2, -0.15) is 0 Å². The molecule has 41 nitrogen and oxygen atoms in total. The van der Waals surface area contributed by atoms with Crippen molar-refractivity contribution < 1.29 is 73.2 Å². The van der Waals surface area contributed by atoms with Crippen LogP contribution < -0.4 is 109 Å². The normalized spacial score (nSPS) is 14.0. The minimum atomic E-state index is -1.78. The highest BCUT2D eigenvalue weighted by molar-refractivity contribution is 6.00. The van der Waals surface area contributed by atoms with Crippen LogP contribution in [0.3, 0.4) is 0 Å². The van der Waals surface area contributed by atoms with E-state index in [1.54, 1.807) is 50.5 Å². The number of benzene rings is 3. The summed E-state index contributed by atoms with van der Waals surface area (Å²) in [6, 6.07) is 2.97. The van der Waals surface area contributed by atoms with E-state index in [-0.39, 0.29) is 121 Å². The molecule has 5 rings (SSSR count). The molecule has 0 aliphatic heterocycles. The Morgan fingerprint density at radius 1 is 0.398 bits per heavy atom. The van der Waals surface area contributed by atoms with E-state index in [0.717, 1.165) is 16.5 Å². The number of phenolic OH excluding ortho intramolecular Hbond substituents is 1. The first-order valence-corrected chi connectivity index (χ1v) is 37.0. The number of carbonyl (C=O) groups is 11. The van der Waals surface area contributed by atoms with E-state index < -0.39 is 169 Å². The van der Waals surface area contributed by atoms with Crippen molar-refractivity contribution in [3.8, 4) is 5.75 Å². The lowest BCUT2D eigenvalue weighted by Gasteiger charge is -2.29. The highest BCUT2D eigenvalue weighted by Crippen LogP contribution is 2.22. The Labute approximate surface area is 651 Å². The zero-order chi connectivity index (χ0) is 83.3. The largest absolute Gasteiger partial charge is 0.508 e. The molecule has 0 radical (unpaired) electrons. The maximum Gasteiger partial charge on any atom is 0.326 e. The molecule has 113 heavy (non-hydrogen) atoms. The van der Waals surface area contributed by atoms with Crippen LogP contribution in [0.1, 0.15) is 101 Å². The Morgan fingerprint density at radius 3 is 1.12 bits per heavy atom. The maximum absolute atomic E-state index is 15.1. The number of nitrogens with two attached hydrogens (primary N) is 6. The number of aromatic nitrogens is 2. The SMILES string of the molecule is CC(C)[C@H](NC(=O)[C@H](Cc1ccc(O)cc1)NC(=O)[C@H](CO)NC(=O)[C@H](CCCCN)NC(=O)[C@@H](N)Cc1c[nH]c2ccccc12)C(=O)N[C@@H](CCCNC(=N)N)C(=O)N[C@@H](CCCNC(=N)N)C(=O)N[C@@H](Cc1c[nH]c2ccccc12)C(=O)N[C@@H](CCCNC(=N)N)C(=O)N[C@@H](CO)C(=O)N[C@@H](CCCNC(=N)N)C(=O)O. The molecule has 41 heteroatoms. The number of fused-ring (bicyclic) bond motifs is 2. The molecule has 0 unspecified atom stereocenters. The minimum absolute atomic E-state index is 0.0118. The van der Waals surface area contributed by atoms with Crippen molar-refractivity contribution in [3.63, 3.8) is 0 Å². The van der Waals surface area contributed by atoms with E-state index in [4.69, 9.17) is 56.0 Å². The van der Waals surface area contributed by atoms with Gasteiger partial charge in [-0.15, -0.1) is 0 Å². The van der Waals surface area contributed by atoms with Crippen LogP contribution in [0.25, 0.3) is 21.8 Å². The van der Waals surface area contributed by atoms with Crippen molar-refractivity contribution in [2.45, 2.75) is 170 Å². The number of aliphatic hydroxyl groups is 2. The number of H-pyrrole nitrogens is 2. The zero-order valence-electron chi connectivity index (χ0n) is 63.1. The van der Waals surface area contributed by atoms with Crippen molar-refractivity contribution >= 4 is 111 Å². The standard InChI is InChI=1S/C72H110N26O15/c1-38(2)57(98-64(108)53(31-39-22-24-42(101)25-23-39)94-66(110)56(37-100)97-61(105)48(17-7-8-26-73)89-58(102)45(74)32-40-34-87-46-15-5-3-13-43(40)46)67(111)92-51(20-11-29-85-71(79)80)59(103)90-49(18-9-27-83-69(75)76)60(104)95-54(33-41-35-88-47-16-6-4-14-44(41)47)63(107)91-50(19-10-28-84-70(77)78)62(106)96-55(36-99)65(109)93-52(68(112)113)21-12-30-86-72(81)82/h3-6,13-16,22-25,34-35,38,45,48-57,87-88,99-101H,7-12,17-21,26-33,36-37,73-74H2,1-2H3,(H,89,102)(H,90,103)(H,91,107)(H,92,111)(H,93,109)(H,94,110)(H,95,104)(H,96,106)(H,97,105)(H,98,108)(H,112,113)(H4,75,76,83)(H4,77,78,84)(H4,79,80,85)(H4,81,82,86)/t45-,48-,49-,50-,51-,52-,53-,54-,55-,56-,57-/m0/s1. The lowest BCUT2D eigenvalue weighted by Crippen LogP contribution is -2.62. The number of hydrogen-bond acceptors (Lipinski definition) is 20. The van der Waals surface area contributed by atoms with Crippen LogP contribution in [-0.4, -0.2) is 232 Å². The number of aromatic hydroxyl groups is 1. The fourth-order valence-corrected chi connectivity index (χ4v) is 12.0. The zero-order valence-corrected chi connectivity index (χ0v) is 63.1. The van der Waals surface area contributed by atoms with Gasteiger partial charge in [-0.1, -0.05) is 62.4 Å². The van der Waals surface area contributed by atoms with E-state index >= 15 is 4.79 Å². The van der Waals surface area contributed by atoms with E-state index in [1.807, 2.05) is 24.3 Å². The third kappa shape index (κ3) is 31.1. The molecular weight excluding hydrogens is 1470 g/mol. The quantitative estimate of drug-likeness (QED) is 0.00981. The Hall–Kier alpha value is -12.4. The van der Waals surface area contributed by atoms with Crippen LogP contribution in [0.15, 0.2) is 85.2 Å². The van der Waals surface area contributed by atoms with E-state index in [1.165, 1.54) is 24.3 Å². The number of guanidine groups is 4. The molecule has 36 N–H and O–H groups in total. The molecule has 3 aromatic carbocycles. The topological polar surface area (TPSA) is 720 Å². The molecule has 10 amide bonds. The fourth-order valence-electron chi connectivity index (χ4n) is 12.0. The molecule has 0 saturated carbocycles. The molecule has 0 aliphatic carbocycles. The number of carbonyl (C=O) groups excluding carboxylic acids is 10. The summed E-state index contributed by atoms with van der Waals surface area (Å²) in [5.41, 5.74) is 37.2. The number of carboxylic acids is 1. The van der Waals surface area contributed by atoms with Gasteiger partial charge in [-0.25, -0.2) is 4.79 Å². The van der Waals surface area contributed by atoms with E-state index in [9.17, 15) is 68.4 Å². The number of nitrogens with one attached hydrogen (secondary N) is 20. The first-order chi connectivity index (χ1) is 53.8. The monoisotopic (exact) mass is 1580 g/mol. The van der Waals surface area contributed by atoms with Crippen LogP contribution in [0.5, 0.6) is 5.75 Å². The third-order valence-electron chi connectivity index (χ3n) is 18.1. The fraction of sp³-hybridized carbons (Fsp3) is 0.486. The van der Waals surface area contributed by atoms with Gasteiger partial charge in [0.05, 0.1) is 19.3 Å². The molecule has 2 aromatic heterocycles. The van der Waals surface area contributed by atoms with Gasteiger partial charge in [0.25, 0.3) is 0 Å². The first kappa shape index (κ1) is 91.2. The molecule has 0 bridgehead atoms. The van der Waals surface area contributed by atoms with E-state index in [2.05, 4.69) is 84.4 Å². The summed E-state index contributed by atoms with van der Waals surface area (Å²) in [4.78, 5) is 163. The highest BCUT2D eigenvalue weighted by Gasteiger charge is 2.38. The summed E-state index contributed by atoms with van der Waals surface area (Å²) < 4.78 is 0. The number of aromatic amines is 2. The van der Waals surface area contributed by atoms with Gasteiger partial charge in [0.15, 0.2) is 23.8 Å². The number of aliphatic carboxylic acids is 1. The molecule has 0 fully saturated rings. The average Bonchev–Trinajstić information content (AvgIpc) is 1.74. The molecule has 5 aromatic rings. The van der Waals surface area contributed by atoms with Gasteiger partial charge in [-0.05, 0) is 130 Å². The summed E-state index contributed by atoms with van der Waals surface area (Å²) in [5.74, 6) is -13.8. The maximum atomic E-state index is 15.1. The molecular formula is C72H110N26O15. The molecule has 2 heterocycles. The Morgan fingerprint density at radius 2 is 0.726 bits per heavy atom. The summed E-state index contributed by atoms with van der Waals surface area (Å²) in [6.45, 7) is 1.34. The number of unbranched alkanes of at least 4 members (excludes halogenated alkanes) is 1. The summed E-state index contributed by atoms with van der Waals surface area (Å²) in [7, 11) is 0. The number of aliphatic hydroxyl groups excluding tert-OH is 2. The summed E-state index contributed by atoms with van der Waals surface area (Å²) >= 11 is 0. The number of para-hydroxylation sites is 2. The first-order valence-electron chi connectivity index (χ1n) is 37.0. The highest BCUT2D eigenvalue weighted by atomic mass is 16.4. The van der Waals surface area contributed by atoms with Crippen molar-refractivity contribution in [1.82, 2.24) is 84.4 Å². The van der Waals surface area contributed by atoms with E-state index in [0.29, 0.717) is 34.9 Å². The van der Waals surface area contributed by atoms with Crippen molar-refractivity contribution in [1.29, 1.82) is 21.6 Å². The number of rotatable bonds is 50. The van der Waals surface area contributed by atoms with Gasteiger partial charge in [0, 0.05) is 73.2 Å². The molecule has 618 valence electrons. The van der Waals surface area contributed by atoms with Gasteiger partial charge >= 0.3 is 5.97 Å². The van der Waals surface area contributed by atoms with Crippen molar-refractivity contribution in [2.24, 2.45) is 40.3 Å². The van der Waals surface area contributed by atoms with Crippen LogP contribution in [0.2, 0.25) is 0 Å². The second kappa shape index (κ2) is 47.0. The second-order valence-electron chi connectivity index (χ2n) is 27.3. The smallest absolute Gasteiger partial charge is 0.326 e. The minimum Gasteiger partial charge on any atom is -0.508 e. The number of amides is 10. The van der Waals surface area contributed by atoms with Crippen LogP contribution in [-0.2, 0) is 72.0 Å². The van der Waals surface area contributed by atoms with Crippen molar-refractivity contribution in [2.75, 3.05) is 45.9 Å². The Bertz CT molecular complexity index is 4060. The second-order valence-corrected chi connectivity index (χ2v) is 27.3. The lowest BCUT2D eigenvalue weighted by molar-refractivity contribution is -0.143. The molecule has 0 aliphatic rings. The van der Waals surface area contributed by atoms with Crippen LogP contribution in [0, 0.1) is 27.6 Å². The molecule has 0 spiro atoms. The average molecular weight is 1580 g/mol.